The second-order valence-corrected chi connectivity index (χ2v) is 13.3. The number of H-pyrrole nitrogens is 1. The number of carbonyl (C=O) groups excluding carboxylic acids is 1. The van der Waals surface area contributed by atoms with Gasteiger partial charge in [-0.15, -0.1) is 0 Å². The van der Waals surface area contributed by atoms with Crippen molar-refractivity contribution in [2.24, 2.45) is 5.41 Å². The highest BCUT2D eigenvalue weighted by molar-refractivity contribution is 6.02. The van der Waals surface area contributed by atoms with Crippen molar-refractivity contribution in [3.8, 4) is 11.4 Å². The lowest BCUT2D eigenvalue weighted by molar-refractivity contribution is 0.0756. The molecule has 8 heteroatoms. The van der Waals surface area contributed by atoms with Crippen LogP contribution in [0, 0.1) is 5.41 Å². The molecule has 1 atom stereocenters. The summed E-state index contributed by atoms with van der Waals surface area (Å²) >= 11 is 0. The maximum Gasteiger partial charge on any atom is 0.270 e. The SMILES string of the molecule is CCc1cc(C2CC2)c2c(NC3CCNCC3(C)C)nc(-c3ccnc4[nH]c(C(=O)N5CCCCCC5)cc34)nc2c1. The number of anilines is 1. The van der Waals surface area contributed by atoms with Crippen LogP contribution in [0.2, 0.25) is 0 Å². The summed E-state index contributed by atoms with van der Waals surface area (Å²) in [5.74, 6) is 2.24. The predicted molar refractivity (Wildman–Crippen MR) is 169 cm³/mol. The Bertz CT molecular complexity index is 1630. The lowest BCUT2D eigenvalue weighted by Crippen LogP contribution is -2.49. The molecule has 220 valence electrons. The van der Waals surface area contributed by atoms with Crippen molar-refractivity contribution >= 4 is 33.7 Å². The zero-order valence-electron chi connectivity index (χ0n) is 25.2. The second-order valence-electron chi connectivity index (χ2n) is 13.3. The molecule has 3 aliphatic rings. The zero-order chi connectivity index (χ0) is 28.8. The molecular formula is C34H43N7O. The van der Waals surface area contributed by atoms with Crippen molar-refractivity contribution < 1.29 is 4.79 Å². The highest BCUT2D eigenvalue weighted by Crippen LogP contribution is 2.46. The zero-order valence-corrected chi connectivity index (χ0v) is 25.2. The molecule has 3 N–H and O–H groups in total. The van der Waals surface area contributed by atoms with Gasteiger partial charge in [0.25, 0.3) is 5.91 Å². The Morgan fingerprint density at radius 1 is 1.07 bits per heavy atom. The van der Waals surface area contributed by atoms with Crippen LogP contribution in [0.1, 0.15) is 93.3 Å². The number of rotatable bonds is 6. The van der Waals surface area contributed by atoms with Gasteiger partial charge in [-0.3, -0.25) is 4.79 Å². The number of nitrogens with zero attached hydrogens (tertiary/aromatic N) is 4. The minimum atomic E-state index is 0.0532. The van der Waals surface area contributed by atoms with Crippen LogP contribution in [0.25, 0.3) is 33.3 Å². The fourth-order valence-electron chi connectivity index (χ4n) is 6.89. The third-order valence-electron chi connectivity index (χ3n) is 9.66. The first-order valence-electron chi connectivity index (χ1n) is 16.0. The van der Waals surface area contributed by atoms with E-state index in [9.17, 15) is 4.79 Å². The van der Waals surface area contributed by atoms with E-state index < -0.39 is 0 Å². The van der Waals surface area contributed by atoms with E-state index in [1.54, 1.807) is 6.20 Å². The number of aromatic amines is 1. The van der Waals surface area contributed by atoms with Gasteiger partial charge in [0, 0.05) is 48.2 Å². The van der Waals surface area contributed by atoms with Crippen LogP contribution in [-0.2, 0) is 6.42 Å². The van der Waals surface area contributed by atoms with E-state index in [1.807, 2.05) is 17.0 Å². The van der Waals surface area contributed by atoms with Crippen molar-refractivity contribution in [2.45, 2.75) is 84.1 Å². The Balaban J connectivity index is 1.36. The fourth-order valence-corrected chi connectivity index (χ4v) is 6.89. The molecule has 1 aromatic carbocycles. The van der Waals surface area contributed by atoms with Crippen molar-refractivity contribution in [3.05, 3.63) is 47.3 Å². The summed E-state index contributed by atoms with van der Waals surface area (Å²) < 4.78 is 0. The summed E-state index contributed by atoms with van der Waals surface area (Å²) in [6.07, 6.45) is 10.8. The van der Waals surface area contributed by atoms with Crippen molar-refractivity contribution in [3.63, 3.8) is 0 Å². The molecule has 0 bridgehead atoms. The summed E-state index contributed by atoms with van der Waals surface area (Å²) in [5.41, 5.74) is 5.97. The summed E-state index contributed by atoms with van der Waals surface area (Å²) in [7, 11) is 0. The molecule has 42 heavy (non-hydrogen) atoms. The Kier molecular flexibility index (Phi) is 7.13. The van der Waals surface area contributed by atoms with Gasteiger partial charge in [0.1, 0.15) is 17.2 Å². The number of aromatic nitrogens is 4. The molecule has 7 rings (SSSR count). The number of fused-ring (bicyclic) bond motifs is 2. The maximum absolute atomic E-state index is 13.5. The molecule has 1 amide bonds. The molecule has 4 aromatic rings. The third-order valence-corrected chi connectivity index (χ3v) is 9.66. The molecule has 5 heterocycles. The topological polar surface area (TPSA) is 98.8 Å². The van der Waals surface area contributed by atoms with E-state index >= 15 is 0 Å². The molecule has 2 aliphatic heterocycles. The first-order valence-corrected chi connectivity index (χ1v) is 16.0. The maximum atomic E-state index is 13.5. The number of amides is 1. The van der Waals surface area contributed by atoms with Crippen LogP contribution in [0.15, 0.2) is 30.5 Å². The van der Waals surface area contributed by atoms with Crippen LogP contribution in [0.5, 0.6) is 0 Å². The summed E-state index contributed by atoms with van der Waals surface area (Å²) in [6.45, 7) is 10.5. The largest absolute Gasteiger partial charge is 0.366 e. The summed E-state index contributed by atoms with van der Waals surface area (Å²) in [4.78, 5) is 33.9. The third kappa shape index (κ3) is 5.14. The second kappa shape index (κ2) is 11.0. The number of benzene rings is 1. The van der Waals surface area contributed by atoms with Gasteiger partial charge < -0.3 is 20.5 Å². The van der Waals surface area contributed by atoms with Gasteiger partial charge in [0.05, 0.1) is 5.52 Å². The van der Waals surface area contributed by atoms with Gasteiger partial charge in [0.2, 0.25) is 0 Å². The lowest BCUT2D eigenvalue weighted by Gasteiger charge is -2.40. The van der Waals surface area contributed by atoms with Gasteiger partial charge in [-0.2, -0.15) is 0 Å². The Morgan fingerprint density at radius 3 is 2.62 bits per heavy atom. The number of piperidine rings is 1. The molecule has 1 unspecified atom stereocenters. The van der Waals surface area contributed by atoms with E-state index in [4.69, 9.17) is 9.97 Å². The Morgan fingerprint density at radius 2 is 1.88 bits per heavy atom. The summed E-state index contributed by atoms with van der Waals surface area (Å²) in [5, 5.41) is 9.55. The van der Waals surface area contributed by atoms with E-state index in [0.29, 0.717) is 29.1 Å². The van der Waals surface area contributed by atoms with Crippen LogP contribution < -0.4 is 10.6 Å². The number of likely N-dealkylation sites (tertiary alicyclic amines) is 1. The van der Waals surface area contributed by atoms with Crippen LogP contribution in [-0.4, -0.2) is 63.0 Å². The average molecular weight is 566 g/mol. The van der Waals surface area contributed by atoms with Crippen LogP contribution in [0.3, 0.4) is 0 Å². The van der Waals surface area contributed by atoms with Crippen LogP contribution >= 0.6 is 0 Å². The molecule has 3 aromatic heterocycles. The first-order chi connectivity index (χ1) is 20.4. The number of carbonyl (C=O) groups is 1. The van der Waals surface area contributed by atoms with Crippen LogP contribution in [0.4, 0.5) is 5.82 Å². The van der Waals surface area contributed by atoms with Crippen molar-refractivity contribution in [1.29, 1.82) is 0 Å². The molecule has 0 spiro atoms. The summed E-state index contributed by atoms with van der Waals surface area (Å²) in [6, 6.07) is 8.87. The predicted octanol–water partition coefficient (Wildman–Crippen LogP) is 6.43. The van der Waals surface area contributed by atoms with Crippen molar-refractivity contribution in [2.75, 3.05) is 31.5 Å². The molecule has 2 saturated heterocycles. The van der Waals surface area contributed by atoms with Gasteiger partial charge in [-0.05, 0) is 85.7 Å². The minimum Gasteiger partial charge on any atom is -0.366 e. The first kappa shape index (κ1) is 27.3. The lowest BCUT2D eigenvalue weighted by atomic mass is 9.80. The highest BCUT2D eigenvalue weighted by Gasteiger charge is 2.34. The molecule has 1 aliphatic carbocycles. The standard InChI is InChI=1S/C34H43N7O/c1-4-21-17-24(22-9-10-22)29-26(18-21)37-31(40-32(29)39-28-12-13-35-20-34(28,2)3)23-11-14-36-30-25(23)19-27(38-30)33(42)41-15-7-5-6-8-16-41/h11,14,17-19,22,28,35H,4-10,12-13,15-16,20H2,1-3H3,(H,36,38)(H,37,39,40). The highest BCUT2D eigenvalue weighted by atomic mass is 16.2. The van der Waals surface area contributed by atoms with E-state index in [-0.39, 0.29) is 11.3 Å². The fraction of sp³-hybridized carbons (Fsp3) is 0.529. The number of nitrogens with one attached hydrogen (secondary N) is 3. The normalized spacial score (nSPS) is 21.0. The van der Waals surface area contributed by atoms with Gasteiger partial charge in [-0.25, -0.2) is 15.0 Å². The van der Waals surface area contributed by atoms with Crippen molar-refractivity contribution in [1.82, 2.24) is 30.2 Å². The molecule has 3 fully saturated rings. The number of aryl methyl sites for hydroxylation is 1. The van der Waals surface area contributed by atoms with E-state index in [1.165, 1.54) is 42.2 Å². The average Bonchev–Trinajstić information content (AvgIpc) is 3.79. The minimum absolute atomic E-state index is 0.0532. The monoisotopic (exact) mass is 565 g/mol. The number of hydrogen-bond donors (Lipinski definition) is 3. The van der Waals surface area contributed by atoms with E-state index in [0.717, 1.165) is 74.1 Å². The van der Waals surface area contributed by atoms with Gasteiger partial charge in [-0.1, -0.05) is 39.7 Å². The number of pyridine rings is 1. The Labute approximate surface area is 248 Å². The van der Waals surface area contributed by atoms with Gasteiger partial charge in [0.15, 0.2) is 5.82 Å². The van der Waals surface area contributed by atoms with E-state index in [2.05, 4.69) is 53.5 Å². The molecular weight excluding hydrogens is 522 g/mol. The quantitative estimate of drug-likeness (QED) is 0.249. The Hall–Kier alpha value is -3.52. The molecule has 1 saturated carbocycles. The molecule has 8 nitrogen and oxygen atoms in total. The van der Waals surface area contributed by atoms with Gasteiger partial charge >= 0.3 is 0 Å². The smallest absolute Gasteiger partial charge is 0.270 e. The molecule has 0 radical (unpaired) electrons. The number of hydrogen-bond acceptors (Lipinski definition) is 6.